The zero-order valence-electron chi connectivity index (χ0n) is 14.0. The summed E-state index contributed by atoms with van der Waals surface area (Å²) in [6, 6.07) is 14.2. The standard InChI is InChI=1S/C19H23N3O2/c1-13(2)10-11-21-19(24)15-4-3-5-17(12-15)22-16-8-6-14(7-9-16)18(20)23/h3-9,12-13,22H,10-11H2,1-2H3,(H2,20,23)(H,21,24). The fourth-order valence-electron chi connectivity index (χ4n) is 2.20. The summed E-state index contributed by atoms with van der Waals surface area (Å²) < 4.78 is 0. The largest absolute Gasteiger partial charge is 0.366 e. The molecule has 0 heterocycles. The second-order valence-electron chi connectivity index (χ2n) is 6.09. The quantitative estimate of drug-likeness (QED) is 0.730. The SMILES string of the molecule is CC(C)CCNC(=O)c1cccc(Nc2ccc(C(N)=O)cc2)c1. The minimum atomic E-state index is -0.457. The molecule has 0 bridgehead atoms. The number of amides is 2. The lowest BCUT2D eigenvalue weighted by atomic mass is 10.1. The maximum absolute atomic E-state index is 12.2. The van der Waals surface area contributed by atoms with Gasteiger partial charge in [-0.3, -0.25) is 9.59 Å². The summed E-state index contributed by atoms with van der Waals surface area (Å²) in [5, 5.41) is 6.13. The molecule has 0 radical (unpaired) electrons. The minimum Gasteiger partial charge on any atom is -0.366 e. The number of hydrogen-bond donors (Lipinski definition) is 3. The minimum absolute atomic E-state index is 0.0802. The Bertz CT molecular complexity index is 709. The smallest absolute Gasteiger partial charge is 0.251 e. The van der Waals surface area contributed by atoms with Gasteiger partial charge in [0.15, 0.2) is 0 Å². The molecule has 0 aliphatic heterocycles. The van der Waals surface area contributed by atoms with Gasteiger partial charge in [-0.2, -0.15) is 0 Å². The van der Waals surface area contributed by atoms with Crippen molar-refractivity contribution in [2.45, 2.75) is 20.3 Å². The summed E-state index contributed by atoms with van der Waals surface area (Å²) >= 11 is 0. The zero-order chi connectivity index (χ0) is 17.5. The molecule has 0 spiro atoms. The third kappa shape index (κ3) is 5.12. The first-order chi connectivity index (χ1) is 11.5. The summed E-state index contributed by atoms with van der Waals surface area (Å²) in [6.07, 6.45) is 0.954. The van der Waals surface area contributed by atoms with Gasteiger partial charge in [-0.15, -0.1) is 0 Å². The zero-order valence-corrected chi connectivity index (χ0v) is 14.0. The van der Waals surface area contributed by atoms with E-state index in [-0.39, 0.29) is 5.91 Å². The molecule has 0 atom stereocenters. The van der Waals surface area contributed by atoms with Crippen LogP contribution in [0.25, 0.3) is 0 Å². The van der Waals surface area contributed by atoms with Gasteiger partial charge in [0.1, 0.15) is 0 Å². The number of carbonyl (C=O) groups excluding carboxylic acids is 2. The van der Waals surface area contributed by atoms with Gasteiger partial charge in [-0.05, 0) is 54.8 Å². The summed E-state index contributed by atoms with van der Waals surface area (Å²) in [4.78, 5) is 23.2. The molecule has 0 aliphatic rings. The van der Waals surface area contributed by atoms with Crippen molar-refractivity contribution in [2.75, 3.05) is 11.9 Å². The first kappa shape index (κ1) is 17.5. The average molecular weight is 325 g/mol. The van der Waals surface area contributed by atoms with Crippen molar-refractivity contribution in [3.05, 3.63) is 59.7 Å². The molecular formula is C19H23N3O2. The predicted molar refractivity (Wildman–Crippen MR) is 96.5 cm³/mol. The van der Waals surface area contributed by atoms with E-state index in [1.165, 1.54) is 0 Å². The topological polar surface area (TPSA) is 84.2 Å². The van der Waals surface area contributed by atoms with E-state index in [2.05, 4.69) is 24.5 Å². The lowest BCUT2D eigenvalue weighted by Crippen LogP contribution is -2.25. The Labute approximate surface area is 142 Å². The van der Waals surface area contributed by atoms with Crippen LogP contribution in [0.4, 0.5) is 11.4 Å². The molecular weight excluding hydrogens is 302 g/mol. The summed E-state index contributed by atoms with van der Waals surface area (Å²) in [7, 11) is 0. The van der Waals surface area contributed by atoms with Crippen LogP contribution in [0.5, 0.6) is 0 Å². The van der Waals surface area contributed by atoms with Crippen molar-refractivity contribution in [1.82, 2.24) is 5.32 Å². The first-order valence-corrected chi connectivity index (χ1v) is 8.01. The molecule has 0 aromatic heterocycles. The van der Waals surface area contributed by atoms with Gasteiger partial charge < -0.3 is 16.4 Å². The lowest BCUT2D eigenvalue weighted by Gasteiger charge is -2.10. The van der Waals surface area contributed by atoms with Crippen LogP contribution in [-0.2, 0) is 0 Å². The van der Waals surface area contributed by atoms with Gasteiger partial charge >= 0.3 is 0 Å². The summed E-state index contributed by atoms with van der Waals surface area (Å²) in [6.45, 7) is 4.92. The molecule has 0 saturated heterocycles. The van der Waals surface area contributed by atoms with Crippen LogP contribution in [0.1, 0.15) is 41.0 Å². The Morgan fingerprint density at radius 1 is 1.00 bits per heavy atom. The van der Waals surface area contributed by atoms with E-state index in [1.807, 2.05) is 12.1 Å². The van der Waals surface area contributed by atoms with E-state index in [0.29, 0.717) is 23.6 Å². The summed E-state index contributed by atoms with van der Waals surface area (Å²) in [5.74, 6) is 0.0201. The maximum atomic E-state index is 12.2. The van der Waals surface area contributed by atoms with Crippen molar-refractivity contribution in [3.8, 4) is 0 Å². The van der Waals surface area contributed by atoms with Gasteiger partial charge in [-0.25, -0.2) is 0 Å². The van der Waals surface area contributed by atoms with E-state index in [9.17, 15) is 9.59 Å². The second-order valence-corrected chi connectivity index (χ2v) is 6.09. The highest BCUT2D eigenvalue weighted by Gasteiger charge is 2.07. The monoisotopic (exact) mass is 325 g/mol. The highest BCUT2D eigenvalue weighted by Crippen LogP contribution is 2.18. The van der Waals surface area contributed by atoms with E-state index < -0.39 is 5.91 Å². The van der Waals surface area contributed by atoms with E-state index >= 15 is 0 Å². The summed E-state index contributed by atoms with van der Waals surface area (Å²) in [5.41, 5.74) is 7.91. The number of carbonyl (C=O) groups is 2. The number of nitrogens with two attached hydrogens (primary N) is 1. The van der Waals surface area contributed by atoms with Gasteiger partial charge in [0.2, 0.25) is 5.91 Å². The second kappa shape index (κ2) is 8.15. The molecule has 0 aliphatic carbocycles. The predicted octanol–water partition coefficient (Wildman–Crippen LogP) is 3.31. The lowest BCUT2D eigenvalue weighted by molar-refractivity contribution is 0.0950. The molecule has 0 fully saturated rings. The van der Waals surface area contributed by atoms with Gasteiger partial charge in [-0.1, -0.05) is 19.9 Å². The van der Waals surface area contributed by atoms with Crippen molar-refractivity contribution < 1.29 is 9.59 Å². The molecule has 2 aromatic rings. The molecule has 4 N–H and O–H groups in total. The molecule has 5 heteroatoms. The number of hydrogen-bond acceptors (Lipinski definition) is 3. The van der Waals surface area contributed by atoms with E-state index in [1.54, 1.807) is 36.4 Å². The van der Waals surface area contributed by atoms with Gasteiger partial charge in [0, 0.05) is 29.0 Å². The third-order valence-electron chi connectivity index (χ3n) is 3.59. The first-order valence-electron chi connectivity index (χ1n) is 8.01. The van der Waals surface area contributed by atoms with Crippen molar-refractivity contribution in [3.63, 3.8) is 0 Å². The number of rotatable bonds is 7. The highest BCUT2D eigenvalue weighted by atomic mass is 16.2. The Balaban J connectivity index is 2.01. The van der Waals surface area contributed by atoms with E-state index in [0.717, 1.165) is 17.8 Å². The maximum Gasteiger partial charge on any atom is 0.251 e. The molecule has 24 heavy (non-hydrogen) atoms. The van der Waals surface area contributed by atoms with E-state index in [4.69, 9.17) is 5.73 Å². The highest BCUT2D eigenvalue weighted by molar-refractivity contribution is 5.95. The molecule has 2 aromatic carbocycles. The van der Waals surface area contributed by atoms with Crippen molar-refractivity contribution in [1.29, 1.82) is 0 Å². The molecule has 126 valence electrons. The Morgan fingerprint density at radius 2 is 1.71 bits per heavy atom. The van der Waals surface area contributed by atoms with Crippen LogP contribution < -0.4 is 16.4 Å². The molecule has 2 amide bonds. The number of nitrogens with one attached hydrogen (secondary N) is 2. The molecule has 0 unspecified atom stereocenters. The normalized spacial score (nSPS) is 10.5. The Hall–Kier alpha value is -2.82. The van der Waals surface area contributed by atoms with Crippen LogP contribution in [0.15, 0.2) is 48.5 Å². The number of benzene rings is 2. The fraction of sp³-hybridized carbons (Fsp3) is 0.263. The van der Waals surface area contributed by atoms with Crippen molar-refractivity contribution in [2.24, 2.45) is 11.7 Å². The van der Waals surface area contributed by atoms with Crippen LogP contribution in [-0.4, -0.2) is 18.4 Å². The Morgan fingerprint density at radius 3 is 2.33 bits per heavy atom. The molecule has 2 rings (SSSR count). The molecule has 0 saturated carbocycles. The van der Waals surface area contributed by atoms with Gasteiger partial charge in [0.05, 0.1) is 0 Å². The molecule has 5 nitrogen and oxygen atoms in total. The average Bonchev–Trinajstić information content (AvgIpc) is 2.55. The van der Waals surface area contributed by atoms with Gasteiger partial charge in [0.25, 0.3) is 5.91 Å². The van der Waals surface area contributed by atoms with Crippen LogP contribution in [0.2, 0.25) is 0 Å². The fourth-order valence-corrected chi connectivity index (χ4v) is 2.20. The number of anilines is 2. The third-order valence-corrected chi connectivity index (χ3v) is 3.59. The van der Waals surface area contributed by atoms with Crippen LogP contribution in [0.3, 0.4) is 0 Å². The van der Waals surface area contributed by atoms with Crippen LogP contribution >= 0.6 is 0 Å². The van der Waals surface area contributed by atoms with Crippen LogP contribution in [0, 0.1) is 5.92 Å². The van der Waals surface area contributed by atoms with Crippen molar-refractivity contribution >= 4 is 23.2 Å². The number of primary amides is 1. The Kier molecular flexibility index (Phi) is 5.95.